The van der Waals surface area contributed by atoms with Crippen molar-refractivity contribution in [2.24, 2.45) is 183 Å². The summed E-state index contributed by atoms with van der Waals surface area (Å²) in [5.41, 5.74) is 0. The van der Waals surface area contributed by atoms with Crippen LogP contribution in [0.4, 0.5) is 0 Å². The van der Waals surface area contributed by atoms with Crippen molar-refractivity contribution in [1.29, 1.82) is 0 Å². The van der Waals surface area contributed by atoms with Gasteiger partial charge < -0.3 is 9.47 Å². The minimum absolute atomic E-state index is 0. The van der Waals surface area contributed by atoms with E-state index in [1.165, 1.54) is 12.8 Å². The molecular weight excluding hydrogens is 899 g/mol. The fraction of sp³-hybridized carbons (Fsp3) is 0.972. The first kappa shape index (κ1) is 77.8. The first-order valence-corrected chi connectivity index (χ1v) is 32.6. The average molecular weight is 1040 g/mol. The van der Waals surface area contributed by atoms with Crippen LogP contribution >= 0.6 is 0 Å². The predicted molar refractivity (Wildman–Crippen MR) is 328 cm³/mol. The van der Waals surface area contributed by atoms with Crippen LogP contribution in [0.25, 0.3) is 0 Å². The Morgan fingerprint density at radius 3 is 0.480 bits per heavy atom. The van der Waals surface area contributed by atoms with Crippen molar-refractivity contribution < 1.29 is 47.2 Å². The number of hydrogen-bond acceptors (Lipinski definition) is 2. The zero-order valence-corrected chi connectivity index (χ0v) is 58.4. The van der Waals surface area contributed by atoms with E-state index in [1.54, 1.807) is 0 Å². The summed E-state index contributed by atoms with van der Waals surface area (Å²) in [7, 11) is 0. The molecule has 0 aromatic rings. The van der Waals surface area contributed by atoms with Gasteiger partial charge in [-0.1, -0.05) is 227 Å². The third-order valence-electron chi connectivity index (χ3n) is 26.0. The zero-order valence-electron chi connectivity index (χ0n) is 58.4. The van der Waals surface area contributed by atoms with Crippen molar-refractivity contribution in [3.8, 4) is 0 Å². The van der Waals surface area contributed by atoms with Gasteiger partial charge in [-0.05, 0) is 210 Å². The Kier molecular flexibility index (Phi) is 36.3. The Morgan fingerprint density at radius 1 is 0.253 bits per heavy atom. The average Bonchev–Trinajstić information content (AvgIpc) is 4.03. The molecule has 8 aliphatic rings. The van der Waals surface area contributed by atoms with Gasteiger partial charge in [-0.3, -0.25) is 0 Å². The van der Waals surface area contributed by atoms with Crippen LogP contribution in [0.3, 0.4) is 0 Å². The summed E-state index contributed by atoms with van der Waals surface area (Å²) in [6.45, 7) is 80.1. The summed E-state index contributed by atoms with van der Waals surface area (Å²) in [5.74, 6) is 30.5. The smallest absolute Gasteiger partial charge is 0.470 e. The molecule has 0 amide bonds. The van der Waals surface area contributed by atoms with E-state index in [1.807, 2.05) is 26.8 Å². The summed E-state index contributed by atoms with van der Waals surface area (Å²) >= 11 is 0. The molecule has 7 saturated carbocycles. The molecule has 10 unspecified atom stereocenters. The van der Waals surface area contributed by atoms with Crippen LogP contribution in [0.1, 0.15) is 248 Å². The van der Waals surface area contributed by atoms with E-state index in [9.17, 15) is 0 Å². The molecule has 1 aliphatic heterocycles. The topological polar surface area (TPSA) is 18.5 Å². The van der Waals surface area contributed by atoms with Crippen LogP contribution < -0.4 is 37.7 Å². The molecule has 7 aliphatic carbocycles. The fourth-order valence-corrected chi connectivity index (χ4v) is 17.6. The van der Waals surface area contributed by atoms with E-state index in [-0.39, 0.29) is 50.1 Å². The maximum atomic E-state index is 5.26. The van der Waals surface area contributed by atoms with E-state index in [2.05, 4.69) is 215 Å². The van der Waals surface area contributed by atoms with Crippen molar-refractivity contribution in [2.45, 2.75) is 261 Å². The molecule has 8 rings (SSSR count). The van der Waals surface area contributed by atoms with E-state index in [4.69, 9.17) is 9.47 Å². The van der Waals surface area contributed by atoms with Gasteiger partial charge in [0.2, 0.25) is 0 Å². The quantitative estimate of drug-likeness (QED) is 0.225. The van der Waals surface area contributed by atoms with Crippen molar-refractivity contribution in [3.63, 3.8) is 0 Å². The number of rotatable bonds is 0. The normalized spacial score (nSPS) is 50.4. The van der Waals surface area contributed by atoms with E-state index < -0.39 is 0 Å². The van der Waals surface area contributed by atoms with Gasteiger partial charge in [0.25, 0.3) is 0 Å². The maximum Gasteiger partial charge on any atom is 1.00 e. The minimum atomic E-state index is -0.0787. The maximum absolute atomic E-state index is 5.26. The Bertz CT molecular complexity index is 1190. The summed E-state index contributed by atoms with van der Waals surface area (Å²) < 4.78 is 10.5. The van der Waals surface area contributed by atoms with Gasteiger partial charge in [0, 0.05) is 0 Å². The Labute approximate surface area is 499 Å². The molecule has 4 heteroatoms. The molecule has 75 heavy (non-hydrogen) atoms. The number of hydrogen-bond donors (Lipinski definition) is 0. The standard InChI is InChI=1S/2C14H26.3C10H20.C7H12O2.2C3H8.2Li/c2*1-7-9(3)13-11(5)8(2)12(6)14(13)10(7)4;3*1-6-7(2)9(4)10(5)8(6)3;1-5-4-6(2)9-7(3)8-5;2*1-3-2;;/h2*7-14H,1-6H3;3*6-10H,1-5H3;4-5,7H,1-3H3;2*3H2,1-2H3;;/q;;;;;;;;2*+1. The molecule has 1 heterocycles. The number of allylic oxidation sites excluding steroid dienone is 1. The van der Waals surface area contributed by atoms with Gasteiger partial charge >= 0.3 is 37.7 Å². The molecule has 10 atom stereocenters. The molecule has 436 valence electrons. The summed E-state index contributed by atoms with van der Waals surface area (Å²) in [4.78, 5) is 0. The SMILES string of the molecule is CC1=CC(C)OC(C)O1.CC1C(C)C(C)C(C)C1C.CC1C(C)C(C)C(C)C1C.CC1C(C)C(C)C(C)C1C.CC1C(C)C2C(C)C(C)C(C)C2C1C.CC1C(C)C2C(C)C(C)C(C)C2C1C.CCC.CCC.[Li+].[Li+]. The van der Waals surface area contributed by atoms with Crippen molar-refractivity contribution in [2.75, 3.05) is 0 Å². The summed E-state index contributed by atoms with van der Waals surface area (Å²) in [6.07, 6.45) is 4.58. The predicted octanol–water partition coefficient (Wildman–Crippen LogP) is 16.2. The van der Waals surface area contributed by atoms with E-state index in [0.717, 1.165) is 189 Å². The molecule has 7 fully saturated rings. The van der Waals surface area contributed by atoms with Crippen LogP contribution in [0.5, 0.6) is 0 Å². The molecule has 0 aromatic heterocycles. The van der Waals surface area contributed by atoms with Crippen LogP contribution in [0.2, 0.25) is 0 Å². The molecule has 0 aromatic carbocycles. The monoisotopic (exact) mass is 1040 g/mol. The van der Waals surface area contributed by atoms with Crippen molar-refractivity contribution in [3.05, 3.63) is 11.8 Å². The molecule has 0 bridgehead atoms. The molecular formula is C71H140Li2O2+2. The van der Waals surface area contributed by atoms with Crippen LogP contribution in [0, 0.1) is 183 Å². The van der Waals surface area contributed by atoms with E-state index >= 15 is 0 Å². The largest absolute Gasteiger partial charge is 1.00 e. The van der Waals surface area contributed by atoms with Gasteiger partial charge in [0.1, 0.15) is 0 Å². The van der Waals surface area contributed by atoms with Gasteiger partial charge in [-0.2, -0.15) is 0 Å². The summed E-state index contributed by atoms with van der Waals surface area (Å²) in [6, 6.07) is 0. The second kappa shape index (κ2) is 35.0. The first-order chi connectivity index (χ1) is 33.6. The number of fused-ring (bicyclic) bond motifs is 2. The first-order valence-electron chi connectivity index (χ1n) is 32.6. The van der Waals surface area contributed by atoms with Gasteiger partial charge in [0.15, 0.2) is 6.29 Å². The second-order valence-electron chi connectivity index (χ2n) is 29.2. The van der Waals surface area contributed by atoms with Crippen molar-refractivity contribution >= 4 is 0 Å². The zero-order chi connectivity index (χ0) is 57.2. The molecule has 0 N–H and O–H groups in total. The number of ether oxygens (including phenoxy) is 2. The molecule has 0 spiro atoms. The van der Waals surface area contributed by atoms with Gasteiger partial charge in [-0.25, -0.2) is 0 Å². The van der Waals surface area contributed by atoms with Crippen LogP contribution in [-0.4, -0.2) is 12.4 Å². The third-order valence-corrected chi connectivity index (χ3v) is 26.0. The van der Waals surface area contributed by atoms with Crippen molar-refractivity contribution in [1.82, 2.24) is 0 Å². The Hall–Kier alpha value is 0.695. The van der Waals surface area contributed by atoms with Crippen LogP contribution in [0.15, 0.2) is 11.8 Å². The summed E-state index contributed by atoms with van der Waals surface area (Å²) in [5, 5.41) is 0. The molecule has 2 nitrogen and oxygen atoms in total. The fourth-order valence-electron chi connectivity index (χ4n) is 17.6. The molecule has 0 radical (unpaired) electrons. The van der Waals surface area contributed by atoms with E-state index in [0.29, 0.717) is 0 Å². The Balaban J connectivity index is 0. The molecule has 0 saturated heterocycles. The minimum Gasteiger partial charge on any atom is -0.470 e. The third kappa shape index (κ3) is 18.9. The van der Waals surface area contributed by atoms with Gasteiger partial charge in [0.05, 0.1) is 11.9 Å². The second-order valence-corrected chi connectivity index (χ2v) is 29.2. The Morgan fingerprint density at radius 2 is 0.373 bits per heavy atom. The van der Waals surface area contributed by atoms with Gasteiger partial charge in [-0.15, -0.1) is 0 Å². The van der Waals surface area contributed by atoms with Crippen LogP contribution in [-0.2, 0) is 9.47 Å².